The second-order valence-electron chi connectivity index (χ2n) is 7.12. The number of benzene rings is 1. The molecule has 144 valence electrons. The van der Waals surface area contributed by atoms with Crippen LogP contribution in [0.3, 0.4) is 0 Å². The van der Waals surface area contributed by atoms with Crippen molar-refractivity contribution in [3.8, 4) is 5.75 Å². The minimum Gasteiger partial charge on any atom is -0.492 e. The Balaban J connectivity index is 1.60. The van der Waals surface area contributed by atoms with E-state index in [1.165, 1.54) is 0 Å². The molecule has 1 aromatic carbocycles. The van der Waals surface area contributed by atoms with Gasteiger partial charge in [0.2, 0.25) is 0 Å². The lowest BCUT2D eigenvalue weighted by atomic mass is 10.0. The van der Waals surface area contributed by atoms with E-state index >= 15 is 0 Å². The summed E-state index contributed by atoms with van der Waals surface area (Å²) in [5.74, 6) is 0.537. The third-order valence-corrected chi connectivity index (χ3v) is 4.60. The van der Waals surface area contributed by atoms with Crippen LogP contribution in [0.25, 0.3) is 0 Å². The number of aromatic nitrogens is 1. The number of H-pyrrole nitrogens is 1. The maximum atomic E-state index is 12.6. The molecular weight excluding hydrogens is 342 g/mol. The molecule has 1 aliphatic carbocycles. The van der Waals surface area contributed by atoms with Crippen LogP contribution in [-0.2, 0) is 6.42 Å². The Hall–Kier alpha value is -2.60. The third kappa shape index (κ3) is 4.98. The Morgan fingerprint density at radius 3 is 2.67 bits per heavy atom. The molecule has 0 bridgehead atoms. The highest BCUT2D eigenvalue weighted by atomic mass is 16.5. The average molecular weight is 369 g/mol. The molecular formula is C21H27N3O3. The van der Waals surface area contributed by atoms with Crippen LogP contribution in [0.1, 0.15) is 59.5 Å². The van der Waals surface area contributed by atoms with E-state index in [0.717, 1.165) is 37.3 Å². The summed E-state index contributed by atoms with van der Waals surface area (Å²) < 4.78 is 5.67. The van der Waals surface area contributed by atoms with E-state index in [0.29, 0.717) is 35.9 Å². The van der Waals surface area contributed by atoms with Crippen molar-refractivity contribution in [1.82, 2.24) is 10.3 Å². The summed E-state index contributed by atoms with van der Waals surface area (Å²) in [5.41, 5.74) is 2.53. The molecule has 27 heavy (non-hydrogen) atoms. The van der Waals surface area contributed by atoms with Crippen molar-refractivity contribution in [2.45, 2.75) is 45.6 Å². The lowest BCUT2D eigenvalue weighted by molar-refractivity contribution is 0.0965. The molecule has 3 rings (SSSR count). The minimum absolute atomic E-state index is 0.0488. The first-order chi connectivity index (χ1) is 13.0. The fourth-order valence-corrected chi connectivity index (χ4v) is 3.22. The zero-order valence-electron chi connectivity index (χ0n) is 15.9. The summed E-state index contributed by atoms with van der Waals surface area (Å²) in [7, 11) is 0. The Kier molecular flexibility index (Phi) is 6.29. The monoisotopic (exact) mass is 369 g/mol. The molecule has 6 nitrogen and oxygen atoms in total. The van der Waals surface area contributed by atoms with Crippen molar-refractivity contribution < 1.29 is 14.3 Å². The molecule has 0 aliphatic heterocycles. The highest BCUT2D eigenvalue weighted by molar-refractivity contribution is 6.13. The van der Waals surface area contributed by atoms with E-state index in [1.54, 1.807) is 18.3 Å². The van der Waals surface area contributed by atoms with Gasteiger partial charge >= 0.3 is 0 Å². The molecule has 1 amide bonds. The van der Waals surface area contributed by atoms with Gasteiger partial charge in [-0.15, -0.1) is 0 Å². The van der Waals surface area contributed by atoms with Gasteiger partial charge < -0.3 is 20.4 Å². The van der Waals surface area contributed by atoms with Gasteiger partial charge in [0.15, 0.2) is 5.78 Å². The number of rotatable bonds is 7. The number of fused-ring (bicyclic) bond motifs is 1. The van der Waals surface area contributed by atoms with Crippen molar-refractivity contribution in [3.63, 3.8) is 0 Å². The van der Waals surface area contributed by atoms with Gasteiger partial charge in [0, 0.05) is 36.6 Å². The molecule has 1 aliphatic rings. The molecule has 1 heterocycles. The normalized spacial score (nSPS) is 14.0. The van der Waals surface area contributed by atoms with Crippen LogP contribution in [-0.4, -0.2) is 35.9 Å². The third-order valence-electron chi connectivity index (χ3n) is 4.60. The predicted octanol–water partition coefficient (Wildman–Crippen LogP) is 3.55. The molecule has 3 N–H and O–H groups in total. The number of aromatic amines is 1. The molecule has 2 aromatic rings. The number of ketones is 1. The highest BCUT2D eigenvalue weighted by Gasteiger charge is 2.24. The quantitative estimate of drug-likeness (QED) is 0.515. The van der Waals surface area contributed by atoms with Gasteiger partial charge in [-0.3, -0.25) is 9.59 Å². The lowest BCUT2D eigenvalue weighted by Gasteiger charge is -2.10. The number of nitrogens with one attached hydrogen (secondary N) is 3. The summed E-state index contributed by atoms with van der Waals surface area (Å²) in [4.78, 5) is 28.1. The Morgan fingerprint density at radius 2 is 1.93 bits per heavy atom. The molecule has 0 spiro atoms. The second kappa shape index (κ2) is 8.86. The number of aryl methyl sites for hydroxylation is 1. The topological polar surface area (TPSA) is 83.2 Å². The number of Topliss-reactive ketones (excluding diaryl/α,β-unsaturated/α-hetero) is 1. The first-order valence-electron chi connectivity index (χ1n) is 9.55. The molecule has 0 fully saturated rings. The number of ether oxygens (including phenoxy) is 1. The number of carbonyl (C=O) groups is 2. The van der Waals surface area contributed by atoms with Crippen LogP contribution in [0.4, 0.5) is 5.69 Å². The van der Waals surface area contributed by atoms with Crippen LogP contribution in [0, 0.1) is 0 Å². The summed E-state index contributed by atoms with van der Waals surface area (Å²) >= 11 is 0. The average Bonchev–Trinajstić information content (AvgIpc) is 2.99. The van der Waals surface area contributed by atoms with Gasteiger partial charge in [-0.05, 0) is 43.5 Å². The number of anilines is 1. The maximum Gasteiger partial charge on any atom is 0.257 e. The van der Waals surface area contributed by atoms with Crippen LogP contribution in [0.5, 0.6) is 5.75 Å². The van der Waals surface area contributed by atoms with E-state index in [9.17, 15) is 9.59 Å². The summed E-state index contributed by atoms with van der Waals surface area (Å²) in [6.07, 6.45) is 4.79. The first-order valence-corrected chi connectivity index (χ1v) is 9.55. The highest BCUT2D eigenvalue weighted by Crippen LogP contribution is 2.24. The van der Waals surface area contributed by atoms with Crippen molar-refractivity contribution in [1.29, 1.82) is 0 Å². The second-order valence-corrected chi connectivity index (χ2v) is 7.12. The fourth-order valence-electron chi connectivity index (χ4n) is 3.22. The molecule has 0 unspecified atom stereocenters. The zero-order valence-corrected chi connectivity index (χ0v) is 15.9. The number of hydrogen-bond acceptors (Lipinski definition) is 4. The molecule has 0 atom stereocenters. The SMILES string of the molecule is CC(C)NCCOc1ccc(NC(=O)c2c[nH]c3c2C(=O)CCCC3)cc1. The molecule has 6 heteroatoms. The summed E-state index contributed by atoms with van der Waals surface area (Å²) in [6.45, 7) is 5.55. The number of amides is 1. The van der Waals surface area contributed by atoms with E-state index in [4.69, 9.17) is 4.74 Å². The van der Waals surface area contributed by atoms with Gasteiger partial charge in [0.25, 0.3) is 5.91 Å². The minimum atomic E-state index is -0.266. The van der Waals surface area contributed by atoms with Crippen LogP contribution >= 0.6 is 0 Å². The number of carbonyl (C=O) groups excluding carboxylic acids is 2. The Labute approximate surface area is 159 Å². The van der Waals surface area contributed by atoms with Crippen molar-refractivity contribution in [3.05, 3.63) is 47.3 Å². The van der Waals surface area contributed by atoms with E-state index < -0.39 is 0 Å². The van der Waals surface area contributed by atoms with Gasteiger partial charge in [0.05, 0.1) is 11.1 Å². The molecule has 0 saturated heterocycles. The largest absolute Gasteiger partial charge is 0.492 e. The molecule has 1 aromatic heterocycles. The van der Waals surface area contributed by atoms with Gasteiger partial charge in [-0.25, -0.2) is 0 Å². The zero-order chi connectivity index (χ0) is 19.2. The van der Waals surface area contributed by atoms with Crippen LogP contribution in [0.2, 0.25) is 0 Å². The van der Waals surface area contributed by atoms with Gasteiger partial charge in [-0.2, -0.15) is 0 Å². The van der Waals surface area contributed by atoms with E-state index in [1.807, 2.05) is 12.1 Å². The Bertz CT molecular complexity index is 794. The van der Waals surface area contributed by atoms with Crippen LogP contribution < -0.4 is 15.4 Å². The summed E-state index contributed by atoms with van der Waals surface area (Å²) in [5, 5.41) is 6.15. The van der Waals surface area contributed by atoms with Gasteiger partial charge in [0.1, 0.15) is 12.4 Å². The lowest BCUT2D eigenvalue weighted by Crippen LogP contribution is -2.27. The molecule has 0 saturated carbocycles. The first kappa shape index (κ1) is 19.2. The smallest absolute Gasteiger partial charge is 0.257 e. The Morgan fingerprint density at radius 1 is 1.19 bits per heavy atom. The fraction of sp³-hybridized carbons (Fsp3) is 0.429. The molecule has 0 radical (unpaired) electrons. The number of hydrogen-bond donors (Lipinski definition) is 3. The maximum absolute atomic E-state index is 12.6. The standard InChI is InChI=1S/C21H27N3O3/c1-14(2)22-11-12-27-16-9-7-15(8-10-16)24-21(26)17-13-23-18-5-3-4-6-19(25)20(17)18/h7-10,13-14,22-23H,3-6,11-12H2,1-2H3,(H,24,26). The summed E-state index contributed by atoms with van der Waals surface area (Å²) in [6, 6.07) is 7.69. The predicted molar refractivity (Wildman–Crippen MR) is 106 cm³/mol. The van der Waals surface area contributed by atoms with Gasteiger partial charge in [-0.1, -0.05) is 13.8 Å². The van der Waals surface area contributed by atoms with Crippen molar-refractivity contribution in [2.75, 3.05) is 18.5 Å². The van der Waals surface area contributed by atoms with E-state index in [-0.39, 0.29) is 11.7 Å². The van der Waals surface area contributed by atoms with Crippen LogP contribution in [0.15, 0.2) is 30.5 Å². The van der Waals surface area contributed by atoms with Crippen molar-refractivity contribution in [2.24, 2.45) is 0 Å². The van der Waals surface area contributed by atoms with E-state index in [2.05, 4.69) is 29.5 Å². The van der Waals surface area contributed by atoms with Crippen molar-refractivity contribution >= 4 is 17.4 Å².